The van der Waals surface area contributed by atoms with Gasteiger partial charge in [-0.2, -0.15) is 0 Å². The van der Waals surface area contributed by atoms with E-state index in [-0.39, 0.29) is 23.2 Å². The number of ether oxygens (including phenoxy) is 1. The molecule has 0 unspecified atom stereocenters. The zero-order valence-corrected chi connectivity index (χ0v) is 12.5. The predicted octanol–water partition coefficient (Wildman–Crippen LogP) is 2.36. The maximum absolute atomic E-state index is 12.3. The van der Waals surface area contributed by atoms with Crippen LogP contribution in [0.2, 0.25) is 0 Å². The Morgan fingerprint density at radius 3 is 2.96 bits per heavy atom. The zero-order valence-electron chi connectivity index (χ0n) is 12.5. The molecule has 9 heteroatoms. The number of halogens is 3. The van der Waals surface area contributed by atoms with Crippen molar-refractivity contribution >= 4 is 11.5 Å². The number of anilines is 2. The van der Waals surface area contributed by atoms with Crippen molar-refractivity contribution < 1.29 is 17.9 Å². The Balaban J connectivity index is 1.66. The van der Waals surface area contributed by atoms with Crippen LogP contribution in [0.3, 0.4) is 0 Å². The van der Waals surface area contributed by atoms with E-state index >= 15 is 0 Å². The quantitative estimate of drug-likeness (QED) is 0.894. The highest BCUT2D eigenvalue weighted by Crippen LogP contribution is 2.28. The Morgan fingerprint density at radius 1 is 1.38 bits per heavy atom. The minimum Gasteiger partial charge on any atom is -0.406 e. The lowest BCUT2D eigenvalue weighted by molar-refractivity contribution is -0.274. The van der Waals surface area contributed by atoms with Gasteiger partial charge in [-0.3, -0.25) is 4.79 Å². The fraction of sp³-hybridized carbons (Fsp3) is 0.333. The predicted molar refractivity (Wildman–Crippen MR) is 82.2 cm³/mol. The normalized spacial score (nSPS) is 17.8. The summed E-state index contributed by atoms with van der Waals surface area (Å²) in [6.07, 6.45) is -1.05. The van der Waals surface area contributed by atoms with Crippen LogP contribution in [-0.4, -0.2) is 35.5 Å². The van der Waals surface area contributed by atoms with Crippen LogP contribution in [-0.2, 0) is 0 Å². The van der Waals surface area contributed by atoms with E-state index < -0.39 is 6.36 Å². The minimum absolute atomic E-state index is 0.0202. The van der Waals surface area contributed by atoms with E-state index in [1.54, 1.807) is 6.07 Å². The maximum Gasteiger partial charge on any atom is 0.573 e. The molecule has 0 amide bonds. The molecule has 1 aliphatic heterocycles. The van der Waals surface area contributed by atoms with Gasteiger partial charge in [0.1, 0.15) is 5.75 Å². The number of aromatic nitrogens is 2. The van der Waals surface area contributed by atoms with Gasteiger partial charge in [-0.25, -0.2) is 4.98 Å². The van der Waals surface area contributed by atoms with Gasteiger partial charge in [0.05, 0.1) is 0 Å². The molecule has 1 aromatic heterocycles. The van der Waals surface area contributed by atoms with Gasteiger partial charge in [0.15, 0.2) is 5.82 Å². The first-order chi connectivity index (χ1) is 11.4. The smallest absolute Gasteiger partial charge is 0.406 e. The first-order valence-electron chi connectivity index (χ1n) is 7.32. The summed E-state index contributed by atoms with van der Waals surface area (Å²) in [5.74, 6) is -0.0175. The van der Waals surface area contributed by atoms with E-state index in [0.29, 0.717) is 18.8 Å². The summed E-state index contributed by atoms with van der Waals surface area (Å²) in [4.78, 5) is 20.1. The van der Waals surface area contributed by atoms with Crippen LogP contribution < -0.4 is 20.5 Å². The Morgan fingerprint density at radius 2 is 2.21 bits per heavy atom. The number of H-pyrrole nitrogens is 1. The van der Waals surface area contributed by atoms with Gasteiger partial charge in [0.2, 0.25) is 0 Å². The van der Waals surface area contributed by atoms with Crippen molar-refractivity contribution in [2.75, 3.05) is 23.3 Å². The molecule has 1 atom stereocenters. The summed E-state index contributed by atoms with van der Waals surface area (Å²) in [6, 6.07) is 5.83. The Kier molecular flexibility index (Phi) is 4.32. The average molecular weight is 340 g/mol. The monoisotopic (exact) mass is 340 g/mol. The van der Waals surface area contributed by atoms with Gasteiger partial charge in [0, 0.05) is 43.3 Å². The lowest BCUT2D eigenvalue weighted by Gasteiger charge is -2.20. The van der Waals surface area contributed by atoms with Crippen LogP contribution in [0.15, 0.2) is 41.5 Å². The fourth-order valence-corrected chi connectivity index (χ4v) is 2.64. The molecule has 2 aromatic rings. The van der Waals surface area contributed by atoms with Crippen molar-refractivity contribution in [1.82, 2.24) is 9.97 Å². The summed E-state index contributed by atoms with van der Waals surface area (Å²) in [5.41, 5.74) is 0.326. The van der Waals surface area contributed by atoms with Crippen LogP contribution in [0.1, 0.15) is 6.42 Å². The highest BCUT2D eigenvalue weighted by atomic mass is 19.4. The molecule has 0 aliphatic carbocycles. The third-order valence-corrected chi connectivity index (χ3v) is 3.65. The van der Waals surface area contributed by atoms with Crippen LogP contribution >= 0.6 is 0 Å². The number of hydrogen-bond acceptors (Lipinski definition) is 5. The van der Waals surface area contributed by atoms with E-state index in [2.05, 4.69) is 20.0 Å². The summed E-state index contributed by atoms with van der Waals surface area (Å²) < 4.78 is 40.9. The number of benzene rings is 1. The largest absolute Gasteiger partial charge is 0.573 e. The second kappa shape index (κ2) is 6.42. The van der Waals surface area contributed by atoms with Crippen LogP contribution in [0.5, 0.6) is 5.75 Å². The zero-order chi connectivity index (χ0) is 17.2. The highest BCUT2D eigenvalue weighted by Gasteiger charge is 2.31. The van der Waals surface area contributed by atoms with Crippen molar-refractivity contribution in [3.63, 3.8) is 0 Å². The van der Waals surface area contributed by atoms with E-state index in [1.165, 1.54) is 30.6 Å². The third-order valence-electron chi connectivity index (χ3n) is 3.65. The molecule has 24 heavy (non-hydrogen) atoms. The summed E-state index contributed by atoms with van der Waals surface area (Å²) in [6.45, 7) is 1.20. The molecule has 0 radical (unpaired) electrons. The third kappa shape index (κ3) is 3.98. The fourth-order valence-electron chi connectivity index (χ4n) is 2.64. The van der Waals surface area contributed by atoms with Gasteiger partial charge in [-0.05, 0) is 18.6 Å². The number of alkyl halides is 3. The Hall–Kier alpha value is -2.71. The Bertz CT molecular complexity index is 763. The Labute approximate surface area is 135 Å². The van der Waals surface area contributed by atoms with Gasteiger partial charge in [-0.15, -0.1) is 13.2 Å². The second-order valence-corrected chi connectivity index (χ2v) is 5.39. The van der Waals surface area contributed by atoms with Crippen molar-refractivity contribution in [1.29, 1.82) is 0 Å². The molecule has 128 valence electrons. The number of hydrogen-bond donors (Lipinski definition) is 2. The van der Waals surface area contributed by atoms with E-state index in [0.717, 1.165) is 6.42 Å². The SMILES string of the molecule is O=c1[nH]ccnc1N[C@H]1CCN(c2cccc(OC(F)(F)F)c2)C1. The highest BCUT2D eigenvalue weighted by molar-refractivity contribution is 5.52. The molecule has 6 nitrogen and oxygen atoms in total. The van der Waals surface area contributed by atoms with Crippen molar-refractivity contribution in [2.45, 2.75) is 18.8 Å². The van der Waals surface area contributed by atoms with Gasteiger partial charge >= 0.3 is 6.36 Å². The summed E-state index contributed by atoms with van der Waals surface area (Å²) in [5, 5.41) is 3.05. The molecule has 1 saturated heterocycles. The van der Waals surface area contributed by atoms with E-state index in [9.17, 15) is 18.0 Å². The van der Waals surface area contributed by atoms with Gasteiger partial charge in [0.25, 0.3) is 5.56 Å². The van der Waals surface area contributed by atoms with Crippen molar-refractivity contribution in [3.05, 3.63) is 47.0 Å². The molecule has 1 fully saturated rings. The molecule has 2 N–H and O–H groups in total. The van der Waals surface area contributed by atoms with E-state index in [1.807, 2.05) is 4.90 Å². The minimum atomic E-state index is -4.71. The number of nitrogens with zero attached hydrogens (tertiary/aromatic N) is 2. The average Bonchev–Trinajstić information content (AvgIpc) is 2.97. The lowest BCUT2D eigenvalue weighted by Crippen LogP contribution is -2.29. The number of aromatic amines is 1. The number of nitrogens with one attached hydrogen (secondary N) is 2. The molecule has 1 aromatic carbocycles. The molecule has 0 bridgehead atoms. The van der Waals surface area contributed by atoms with Crippen molar-refractivity contribution in [3.8, 4) is 5.75 Å². The molecular formula is C15H15F3N4O2. The molecule has 3 rings (SSSR count). The standard InChI is InChI=1S/C15H15F3N4O2/c16-15(17,18)24-12-3-1-2-11(8-12)22-7-4-10(9-22)21-13-14(23)20-6-5-19-13/h1-3,5-6,8,10H,4,7,9H2,(H,19,21)(H,20,23)/t10-/m0/s1. The van der Waals surface area contributed by atoms with Gasteiger partial charge < -0.3 is 19.9 Å². The maximum atomic E-state index is 12.3. The number of rotatable bonds is 4. The van der Waals surface area contributed by atoms with Crippen LogP contribution in [0, 0.1) is 0 Å². The molecule has 0 saturated carbocycles. The van der Waals surface area contributed by atoms with Gasteiger partial charge in [-0.1, -0.05) is 6.07 Å². The first kappa shape index (κ1) is 16.2. The summed E-state index contributed by atoms with van der Waals surface area (Å²) in [7, 11) is 0. The summed E-state index contributed by atoms with van der Waals surface area (Å²) >= 11 is 0. The van der Waals surface area contributed by atoms with Crippen molar-refractivity contribution in [2.24, 2.45) is 0 Å². The second-order valence-electron chi connectivity index (χ2n) is 5.39. The first-order valence-corrected chi connectivity index (χ1v) is 7.32. The topological polar surface area (TPSA) is 70.2 Å². The lowest BCUT2D eigenvalue weighted by atomic mass is 10.2. The molecule has 2 heterocycles. The molecule has 1 aliphatic rings. The van der Waals surface area contributed by atoms with E-state index in [4.69, 9.17) is 0 Å². The van der Waals surface area contributed by atoms with Crippen LogP contribution in [0.4, 0.5) is 24.7 Å². The molecular weight excluding hydrogens is 325 g/mol. The van der Waals surface area contributed by atoms with Crippen LogP contribution in [0.25, 0.3) is 0 Å². The molecule has 0 spiro atoms.